The third kappa shape index (κ3) is 4.49. The molecule has 7 rings (SSSR count). The number of anilines is 1. The molecule has 0 saturated carbocycles. The van der Waals surface area contributed by atoms with E-state index < -0.39 is 0 Å². The molecule has 1 amide bonds. The highest BCUT2D eigenvalue weighted by Crippen LogP contribution is 2.31. The first-order valence-electron chi connectivity index (χ1n) is 13.1. The number of carbonyl (C=O) groups excluding carboxylic acids is 1. The number of piperidine rings is 3. The van der Waals surface area contributed by atoms with Gasteiger partial charge in [-0.2, -0.15) is 5.10 Å². The Hall–Kier alpha value is -3.06. The van der Waals surface area contributed by atoms with Crippen LogP contribution >= 0.6 is 0 Å². The molecule has 5 heterocycles. The van der Waals surface area contributed by atoms with Gasteiger partial charge in [0.05, 0.1) is 12.1 Å². The number of nitrogens with one attached hydrogen (secondary N) is 1. The number of ether oxygens (including phenoxy) is 1. The molecule has 4 saturated heterocycles. The van der Waals surface area contributed by atoms with Crippen LogP contribution in [0.2, 0.25) is 0 Å². The first kappa shape index (κ1) is 22.4. The van der Waals surface area contributed by atoms with Crippen LogP contribution < -0.4 is 15.0 Å². The molecule has 1 unspecified atom stereocenters. The number of hydrogen-bond donors (Lipinski definition) is 1. The summed E-state index contributed by atoms with van der Waals surface area (Å²) in [6.45, 7) is 8.86. The Bertz CT molecular complexity index is 1180. The molecule has 0 radical (unpaired) electrons. The average Bonchev–Trinajstić information content (AvgIpc) is 3.53. The van der Waals surface area contributed by atoms with E-state index in [1.807, 2.05) is 35.0 Å². The fourth-order valence-electron chi connectivity index (χ4n) is 6.07. The number of benzene rings is 2. The minimum absolute atomic E-state index is 0.0343. The van der Waals surface area contributed by atoms with E-state index in [2.05, 4.69) is 40.2 Å². The molecule has 4 aliphatic heterocycles. The largest absolute Gasteiger partial charge is 0.493 e. The van der Waals surface area contributed by atoms with Gasteiger partial charge in [-0.15, -0.1) is 0 Å². The van der Waals surface area contributed by atoms with Gasteiger partial charge in [0.25, 0.3) is 5.91 Å². The summed E-state index contributed by atoms with van der Waals surface area (Å²) in [5.74, 6) is 2.00. The normalized spacial score (nSPS) is 25.8. The van der Waals surface area contributed by atoms with Gasteiger partial charge in [0.1, 0.15) is 5.75 Å². The summed E-state index contributed by atoms with van der Waals surface area (Å²) in [5, 5.41) is 8.99. The summed E-state index contributed by atoms with van der Waals surface area (Å²) >= 11 is 0. The fraction of sp³-hybridized carbons (Fsp3) is 0.500. The predicted octanol–water partition coefficient (Wildman–Crippen LogP) is 3.79. The maximum absolute atomic E-state index is 13.3. The highest BCUT2D eigenvalue weighted by atomic mass is 16.5. The zero-order valence-electron chi connectivity index (χ0n) is 20.5. The molecule has 7 nitrogen and oxygen atoms in total. The molecule has 1 N–H and O–H groups in total. The van der Waals surface area contributed by atoms with Crippen LogP contribution in [0.5, 0.6) is 5.75 Å². The Kier molecular flexibility index (Phi) is 6.10. The molecular weight excluding hydrogens is 438 g/mol. The van der Waals surface area contributed by atoms with Gasteiger partial charge in [0, 0.05) is 49.2 Å². The molecule has 0 spiro atoms. The molecule has 0 aliphatic carbocycles. The first-order chi connectivity index (χ1) is 17.2. The molecular formula is C28H35N5O2. The zero-order chi connectivity index (χ0) is 23.8. The number of amides is 1. The number of carbonyl (C=O) groups is 1. The summed E-state index contributed by atoms with van der Waals surface area (Å²) in [6, 6.07) is 16.7. The fourth-order valence-corrected chi connectivity index (χ4v) is 6.07. The Labute approximate surface area is 207 Å². The number of para-hydroxylation sites is 1. The van der Waals surface area contributed by atoms with Gasteiger partial charge >= 0.3 is 0 Å². The van der Waals surface area contributed by atoms with Crippen molar-refractivity contribution in [2.24, 2.45) is 11.8 Å². The van der Waals surface area contributed by atoms with Gasteiger partial charge in [-0.25, -0.2) is 0 Å². The van der Waals surface area contributed by atoms with Crippen LogP contribution in [0.15, 0.2) is 48.5 Å². The summed E-state index contributed by atoms with van der Waals surface area (Å²) in [5.41, 5.74) is 2.78. The van der Waals surface area contributed by atoms with Gasteiger partial charge in [0.15, 0.2) is 5.69 Å². The Balaban J connectivity index is 1.15. The summed E-state index contributed by atoms with van der Waals surface area (Å²) in [6.07, 6.45) is 3.49. The SMILES string of the molecule is CCn1nc(C(=O)N[C@@H]2CN3CCC2CC3)c2ccc(N3CCC(COc4ccccc4)C3)cc21. The number of rotatable bonds is 7. The van der Waals surface area contributed by atoms with Crippen molar-refractivity contribution in [1.29, 1.82) is 0 Å². The molecule has 184 valence electrons. The van der Waals surface area contributed by atoms with Gasteiger partial charge in [-0.05, 0) is 75.5 Å². The number of hydrogen-bond acceptors (Lipinski definition) is 5. The molecule has 7 heteroatoms. The van der Waals surface area contributed by atoms with Crippen LogP contribution in [0.1, 0.15) is 36.7 Å². The third-order valence-corrected chi connectivity index (χ3v) is 8.10. The second kappa shape index (κ2) is 9.53. The molecule has 2 aromatic carbocycles. The van der Waals surface area contributed by atoms with E-state index in [-0.39, 0.29) is 11.9 Å². The summed E-state index contributed by atoms with van der Waals surface area (Å²) < 4.78 is 7.97. The van der Waals surface area contributed by atoms with Crippen molar-refractivity contribution in [3.05, 3.63) is 54.2 Å². The van der Waals surface area contributed by atoms with Crippen LogP contribution in [-0.4, -0.2) is 66.0 Å². The van der Waals surface area contributed by atoms with E-state index in [1.54, 1.807) is 0 Å². The minimum Gasteiger partial charge on any atom is -0.493 e. The third-order valence-electron chi connectivity index (χ3n) is 8.10. The van der Waals surface area contributed by atoms with Crippen molar-refractivity contribution >= 4 is 22.5 Å². The van der Waals surface area contributed by atoms with Crippen LogP contribution in [-0.2, 0) is 6.54 Å². The topological polar surface area (TPSA) is 62.6 Å². The second-order valence-corrected chi connectivity index (χ2v) is 10.3. The van der Waals surface area contributed by atoms with E-state index in [0.717, 1.165) is 55.9 Å². The van der Waals surface area contributed by atoms with E-state index in [0.29, 0.717) is 17.5 Å². The van der Waals surface area contributed by atoms with Crippen molar-refractivity contribution in [1.82, 2.24) is 20.0 Å². The standard InChI is InChI=1S/C28H35N5O2/c1-2-33-26-16-22(32-15-10-20(17-32)19-35-23-6-4-3-5-7-23)8-9-24(26)27(30-33)28(34)29-25-18-31-13-11-21(25)12-14-31/h3-9,16,20-21,25H,2,10-15,17-19H2,1H3,(H,29,34)/t20?,25-/m1/s1. The van der Waals surface area contributed by atoms with Crippen LogP contribution in [0.4, 0.5) is 5.69 Å². The lowest BCUT2D eigenvalue weighted by atomic mass is 9.84. The minimum atomic E-state index is -0.0343. The van der Waals surface area contributed by atoms with Gasteiger partial charge in [0.2, 0.25) is 0 Å². The molecule has 4 fully saturated rings. The smallest absolute Gasteiger partial charge is 0.272 e. The van der Waals surface area contributed by atoms with Crippen molar-refractivity contribution in [3.8, 4) is 5.75 Å². The molecule has 2 bridgehead atoms. The van der Waals surface area contributed by atoms with Crippen LogP contribution in [0.25, 0.3) is 10.9 Å². The number of aromatic nitrogens is 2. The Morgan fingerprint density at radius 1 is 1.06 bits per heavy atom. The highest BCUT2D eigenvalue weighted by Gasteiger charge is 2.35. The molecule has 1 aromatic heterocycles. The molecule has 2 atom stereocenters. The highest BCUT2D eigenvalue weighted by molar-refractivity contribution is 6.05. The number of fused-ring (bicyclic) bond motifs is 4. The molecule has 35 heavy (non-hydrogen) atoms. The van der Waals surface area contributed by atoms with E-state index in [1.165, 1.54) is 31.6 Å². The average molecular weight is 474 g/mol. The number of aryl methyl sites for hydroxylation is 1. The van der Waals surface area contributed by atoms with Crippen LogP contribution in [0, 0.1) is 11.8 Å². The van der Waals surface area contributed by atoms with Crippen molar-refractivity contribution < 1.29 is 9.53 Å². The van der Waals surface area contributed by atoms with E-state index >= 15 is 0 Å². The molecule has 3 aromatic rings. The predicted molar refractivity (Wildman–Crippen MR) is 138 cm³/mol. The first-order valence-corrected chi connectivity index (χ1v) is 13.1. The summed E-state index contributed by atoms with van der Waals surface area (Å²) in [4.78, 5) is 18.2. The van der Waals surface area contributed by atoms with Crippen molar-refractivity contribution in [2.45, 2.75) is 38.8 Å². The van der Waals surface area contributed by atoms with E-state index in [4.69, 9.17) is 9.84 Å². The quantitative estimate of drug-likeness (QED) is 0.566. The second-order valence-electron chi connectivity index (χ2n) is 10.3. The van der Waals surface area contributed by atoms with Crippen molar-refractivity contribution in [3.63, 3.8) is 0 Å². The number of nitrogens with zero attached hydrogens (tertiary/aromatic N) is 4. The monoisotopic (exact) mass is 473 g/mol. The Morgan fingerprint density at radius 3 is 2.63 bits per heavy atom. The lowest BCUT2D eigenvalue weighted by Crippen LogP contribution is -2.57. The maximum Gasteiger partial charge on any atom is 0.272 e. The summed E-state index contributed by atoms with van der Waals surface area (Å²) in [7, 11) is 0. The van der Waals surface area contributed by atoms with Gasteiger partial charge in [-0.1, -0.05) is 18.2 Å². The van der Waals surface area contributed by atoms with Crippen molar-refractivity contribution in [2.75, 3.05) is 44.2 Å². The van der Waals surface area contributed by atoms with Crippen LogP contribution in [0.3, 0.4) is 0 Å². The van der Waals surface area contributed by atoms with E-state index in [9.17, 15) is 4.79 Å². The maximum atomic E-state index is 13.3. The lowest BCUT2D eigenvalue weighted by molar-refractivity contribution is 0.0618. The Morgan fingerprint density at radius 2 is 1.89 bits per heavy atom. The van der Waals surface area contributed by atoms with Gasteiger partial charge in [-0.3, -0.25) is 9.48 Å². The molecule has 4 aliphatic rings. The van der Waals surface area contributed by atoms with Gasteiger partial charge < -0.3 is 19.9 Å². The lowest BCUT2D eigenvalue weighted by Gasteiger charge is -2.44. The zero-order valence-corrected chi connectivity index (χ0v) is 20.5.